The zero-order valence-corrected chi connectivity index (χ0v) is 16.0. The van der Waals surface area contributed by atoms with Crippen LogP contribution in [0.5, 0.6) is 0 Å². The van der Waals surface area contributed by atoms with E-state index in [1.165, 1.54) is 12.1 Å². The molecule has 4 aliphatic rings. The lowest BCUT2D eigenvalue weighted by Crippen LogP contribution is -2.59. The topological polar surface area (TPSA) is 105 Å². The number of hydrogen-bond acceptors (Lipinski definition) is 3. The van der Waals surface area contributed by atoms with Gasteiger partial charge in [-0.25, -0.2) is 9.37 Å². The van der Waals surface area contributed by atoms with Gasteiger partial charge < -0.3 is 15.8 Å². The largest absolute Gasteiger partial charge is 0.390 e. The number of H-pyrrole nitrogens is 2. The first-order valence-electron chi connectivity index (χ1n) is 10.3. The third-order valence-electron chi connectivity index (χ3n) is 7.46. The number of benzene rings is 1. The van der Waals surface area contributed by atoms with Crippen molar-refractivity contribution in [2.75, 3.05) is 5.32 Å². The van der Waals surface area contributed by atoms with Crippen molar-refractivity contribution in [3.05, 3.63) is 35.8 Å². The van der Waals surface area contributed by atoms with Gasteiger partial charge in [0.25, 0.3) is 11.7 Å². The Balaban J connectivity index is 1.48. The summed E-state index contributed by atoms with van der Waals surface area (Å²) >= 11 is 0. The van der Waals surface area contributed by atoms with Gasteiger partial charge in [0.1, 0.15) is 17.6 Å². The number of nitrogens with one attached hydrogen (secondary N) is 3. The van der Waals surface area contributed by atoms with Crippen LogP contribution in [0.3, 0.4) is 0 Å². The van der Waals surface area contributed by atoms with Gasteiger partial charge in [0, 0.05) is 22.7 Å². The van der Waals surface area contributed by atoms with Crippen LogP contribution in [0, 0.1) is 23.6 Å². The molecule has 4 fully saturated rings. The molecule has 1 aromatic carbocycles. The fourth-order valence-electron chi connectivity index (χ4n) is 6.61. The molecule has 1 amide bonds. The maximum atomic E-state index is 14.0. The van der Waals surface area contributed by atoms with E-state index in [4.69, 9.17) is 5.73 Å². The zero-order valence-electron chi connectivity index (χ0n) is 16.0. The van der Waals surface area contributed by atoms with Gasteiger partial charge in [-0.3, -0.25) is 10.1 Å². The second kappa shape index (κ2) is 5.69. The molecule has 4 saturated carbocycles. The number of carbonyl (C=O) groups excluding carboxylic acids is 1. The fraction of sp³-hybridized carbons (Fsp3) is 0.455. The smallest absolute Gasteiger partial charge is 0.282 e. The Labute approximate surface area is 166 Å². The number of halogens is 1. The summed E-state index contributed by atoms with van der Waals surface area (Å²) in [6.07, 6.45) is 6.51. The Hall–Kier alpha value is -2.67. The molecule has 5 atom stereocenters. The van der Waals surface area contributed by atoms with Gasteiger partial charge in [-0.2, -0.15) is 0 Å². The highest BCUT2D eigenvalue weighted by molar-refractivity contribution is 6.17. The molecule has 0 spiro atoms. The van der Waals surface area contributed by atoms with Crippen molar-refractivity contribution in [1.82, 2.24) is 4.98 Å². The molecule has 7 heteroatoms. The van der Waals surface area contributed by atoms with Gasteiger partial charge in [-0.15, -0.1) is 0 Å². The molecule has 2 aromatic heterocycles. The van der Waals surface area contributed by atoms with Crippen LogP contribution in [-0.2, 0) is 0 Å². The zero-order chi connectivity index (χ0) is 19.9. The van der Waals surface area contributed by atoms with Gasteiger partial charge in [-0.1, -0.05) is 0 Å². The number of carbonyl (C=O) groups is 1. The minimum Gasteiger partial charge on any atom is -0.390 e. The molecule has 6 N–H and O–H groups in total. The third-order valence-corrected chi connectivity index (χ3v) is 7.46. The number of fused-ring (bicyclic) bond motifs is 3. The Morgan fingerprint density at radius 2 is 2.03 bits per heavy atom. The number of hydrogen-bond donors (Lipinski definition) is 4. The molecule has 4 bridgehead atoms. The number of rotatable bonds is 3. The number of pyridine rings is 1. The van der Waals surface area contributed by atoms with E-state index in [9.17, 15) is 14.3 Å². The van der Waals surface area contributed by atoms with E-state index in [-0.39, 0.29) is 11.9 Å². The predicted molar refractivity (Wildman–Crippen MR) is 107 cm³/mol. The normalized spacial score (nSPS) is 32.9. The van der Waals surface area contributed by atoms with Crippen LogP contribution in [0.25, 0.3) is 21.8 Å². The van der Waals surface area contributed by atoms with Crippen molar-refractivity contribution in [3.8, 4) is 0 Å². The highest BCUT2D eigenvalue weighted by Gasteiger charge is 2.56. The molecule has 0 saturated heterocycles. The number of aromatic amines is 2. The summed E-state index contributed by atoms with van der Waals surface area (Å²) < 4.78 is 14.0. The number of aromatic nitrogens is 2. The molecule has 0 aliphatic heterocycles. The second-order valence-electron chi connectivity index (χ2n) is 9.37. The number of primary amides is 1. The van der Waals surface area contributed by atoms with E-state index in [0.29, 0.717) is 34.2 Å². The minimum atomic E-state index is -0.540. The summed E-state index contributed by atoms with van der Waals surface area (Å²) in [5.41, 5.74) is 6.80. The molecule has 0 radical (unpaired) electrons. The number of aliphatic hydroxyl groups is 1. The number of nitrogens with two attached hydrogens (primary N) is 1. The molecule has 3 aromatic rings. The van der Waals surface area contributed by atoms with E-state index >= 15 is 0 Å². The van der Waals surface area contributed by atoms with Crippen LogP contribution in [0.2, 0.25) is 0 Å². The standard InChI is InChI=1S/C22H23FN4O2/c23-13-1-2-16-14(5-13)17-19(26-16)15(20(24)28)9-25-21(17)27-18-11-3-10-4-12(18)8-22(29,6-10)7-11/h1-2,5,9-12,18,26,29H,3-4,6-8H2,(H2,24,28)(H,25,27)/p+1/t10?,11-,12+,18?,22?. The maximum absolute atomic E-state index is 14.0. The van der Waals surface area contributed by atoms with E-state index < -0.39 is 11.5 Å². The number of anilines is 1. The first-order chi connectivity index (χ1) is 13.9. The number of amides is 1. The van der Waals surface area contributed by atoms with Crippen LogP contribution in [0.4, 0.5) is 10.2 Å². The first-order valence-corrected chi connectivity index (χ1v) is 10.3. The summed E-state index contributed by atoms with van der Waals surface area (Å²) in [7, 11) is 0. The van der Waals surface area contributed by atoms with E-state index in [0.717, 1.165) is 48.8 Å². The van der Waals surface area contributed by atoms with E-state index in [1.807, 2.05) is 0 Å². The lowest BCUT2D eigenvalue weighted by Gasteiger charge is -2.56. The average molecular weight is 395 g/mol. The third kappa shape index (κ3) is 2.50. The monoisotopic (exact) mass is 395 g/mol. The lowest BCUT2D eigenvalue weighted by molar-refractivity contribution is -0.360. The molecule has 150 valence electrons. The highest BCUT2D eigenvalue weighted by atomic mass is 19.1. The van der Waals surface area contributed by atoms with Crippen molar-refractivity contribution in [3.63, 3.8) is 0 Å². The predicted octanol–water partition coefficient (Wildman–Crippen LogP) is 2.72. The van der Waals surface area contributed by atoms with Crippen LogP contribution in [0.15, 0.2) is 24.4 Å². The van der Waals surface area contributed by atoms with Crippen LogP contribution in [0.1, 0.15) is 42.5 Å². The van der Waals surface area contributed by atoms with Gasteiger partial charge in [0.15, 0.2) is 0 Å². The van der Waals surface area contributed by atoms with Crippen LogP contribution >= 0.6 is 0 Å². The summed E-state index contributed by atoms with van der Waals surface area (Å²) in [5.74, 6) is 1.37. The molecule has 7 rings (SSSR count). The molecular weight excluding hydrogens is 371 g/mol. The van der Waals surface area contributed by atoms with Crippen LogP contribution in [-0.4, -0.2) is 27.6 Å². The van der Waals surface area contributed by atoms with Gasteiger partial charge in [0.05, 0.1) is 22.5 Å². The summed E-state index contributed by atoms with van der Waals surface area (Å²) in [6, 6.07) is 4.82. The Morgan fingerprint density at radius 1 is 1.28 bits per heavy atom. The van der Waals surface area contributed by atoms with Gasteiger partial charge in [-0.05, 0) is 56.2 Å². The van der Waals surface area contributed by atoms with Crippen molar-refractivity contribution in [1.29, 1.82) is 0 Å². The van der Waals surface area contributed by atoms with Gasteiger partial charge in [0.2, 0.25) is 0 Å². The van der Waals surface area contributed by atoms with Crippen molar-refractivity contribution >= 4 is 33.5 Å². The lowest BCUT2D eigenvalue weighted by atomic mass is 9.52. The Morgan fingerprint density at radius 3 is 2.72 bits per heavy atom. The van der Waals surface area contributed by atoms with Crippen LogP contribution < -0.4 is 16.0 Å². The summed E-state index contributed by atoms with van der Waals surface area (Å²) in [5, 5.41) is 16.0. The second-order valence-corrected chi connectivity index (χ2v) is 9.37. The van der Waals surface area contributed by atoms with Crippen molar-refractivity contribution < 1.29 is 19.3 Å². The first kappa shape index (κ1) is 17.2. The SMILES string of the molecule is NC(=O)c1c[nH+]c(NC2[C@@H]3CC4C[C@H]2CC(O)(C4)C3)c2c1[nH]c1ccc(F)cc12. The summed E-state index contributed by atoms with van der Waals surface area (Å²) in [6.45, 7) is 0. The van der Waals surface area contributed by atoms with Gasteiger partial charge >= 0.3 is 0 Å². The Bertz CT molecular complexity index is 1160. The molecule has 3 unspecified atom stereocenters. The quantitative estimate of drug-likeness (QED) is 0.548. The van der Waals surface area contributed by atoms with Crippen molar-refractivity contribution in [2.24, 2.45) is 23.5 Å². The summed E-state index contributed by atoms with van der Waals surface area (Å²) in [4.78, 5) is 18.4. The molecule has 6 nitrogen and oxygen atoms in total. The maximum Gasteiger partial charge on any atom is 0.282 e. The van der Waals surface area contributed by atoms with E-state index in [1.54, 1.807) is 12.3 Å². The molecule has 4 aliphatic carbocycles. The Kier molecular flexibility index (Phi) is 3.38. The average Bonchev–Trinajstić information content (AvgIpc) is 3.02. The minimum absolute atomic E-state index is 0.254. The molecule has 29 heavy (non-hydrogen) atoms. The fourth-order valence-corrected chi connectivity index (χ4v) is 6.61. The highest BCUT2D eigenvalue weighted by Crippen LogP contribution is 2.56. The van der Waals surface area contributed by atoms with E-state index in [2.05, 4.69) is 15.3 Å². The molecular formula is C22H24FN4O2+. The van der Waals surface area contributed by atoms with Crippen molar-refractivity contribution in [2.45, 2.75) is 43.7 Å². The molecule has 2 heterocycles.